The van der Waals surface area contributed by atoms with E-state index in [1.165, 1.54) is 18.2 Å². The number of hydrogen-bond donors (Lipinski definition) is 1. The van der Waals surface area contributed by atoms with Crippen LogP contribution in [0, 0.1) is 5.41 Å². The fourth-order valence-corrected chi connectivity index (χ4v) is 2.69. The topological polar surface area (TPSA) is 83.9 Å². The number of carbonyl (C=O) groups is 3. The molecule has 1 atom stereocenters. The van der Waals surface area contributed by atoms with Gasteiger partial charge >= 0.3 is 5.97 Å². The first kappa shape index (κ1) is 18.0. The lowest BCUT2D eigenvalue weighted by atomic mass is 9.85. The van der Waals surface area contributed by atoms with Crippen LogP contribution in [0.4, 0.5) is 0 Å². The molecule has 0 fully saturated rings. The van der Waals surface area contributed by atoms with Crippen molar-refractivity contribution in [1.82, 2.24) is 4.90 Å². The number of aromatic hydroxyl groups is 1. The molecule has 6 heteroatoms. The molecule has 24 heavy (non-hydrogen) atoms. The number of esters is 1. The minimum absolute atomic E-state index is 0.0952. The predicted octanol–water partition coefficient (Wildman–Crippen LogP) is 2.74. The molecule has 1 aromatic rings. The number of imide groups is 1. The highest BCUT2D eigenvalue weighted by molar-refractivity contribution is 6.23. The average Bonchev–Trinajstić information content (AvgIpc) is 2.60. The summed E-state index contributed by atoms with van der Waals surface area (Å²) in [6.45, 7) is 10.5. The number of benzene rings is 1. The second-order valence-electron chi connectivity index (χ2n) is 8.01. The summed E-state index contributed by atoms with van der Waals surface area (Å²) in [5, 5.41) is 9.57. The fourth-order valence-electron chi connectivity index (χ4n) is 2.69. The Kier molecular flexibility index (Phi) is 4.20. The Morgan fingerprint density at radius 2 is 1.58 bits per heavy atom. The standard InChI is InChI=1S/C18H23NO5/c1-17(2,3)13(16(23)24-18(4,5)6)19-14(21)11-8-7-10(20)9-12(11)15(19)22/h7-9,13,20H,1-6H3/t13-/m1/s1. The van der Waals surface area contributed by atoms with Crippen LogP contribution in [-0.2, 0) is 9.53 Å². The molecule has 0 unspecified atom stereocenters. The summed E-state index contributed by atoms with van der Waals surface area (Å²) in [5.41, 5.74) is -1.18. The first-order chi connectivity index (χ1) is 10.8. The van der Waals surface area contributed by atoms with E-state index in [9.17, 15) is 19.5 Å². The lowest BCUT2D eigenvalue weighted by Gasteiger charge is -2.36. The largest absolute Gasteiger partial charge is 0.508 e. The molecule has 0 spiro atoms. The lowest BCUT2D eigenvalue weighted by molar-refractivity contribution is -0.163. The van der Waals surface area contributed by atoms with E-state index in [4.69, 9.17) is 4.74 Å². The third-order valence-electron chi connectivity index (χ3n) is 3.61. The zero-order chi connectivity index (χ0) is 18.4. The quantitative estimate of drug-likeness (QED) is 0.664. The van der Waals surface area contributed by atoms with Crippen molar-refractivity contribution in [2.45, 2.75) is 53.2 Å². The summed E-state index contributed by atoms with van der Waals surface area (Å²) >= 11 is 0. The third-order valence-corrected chi connectivity index (χ3v) is 3.61. The summed E-state index contributed by atoms with van der Waals surface area (Å²) < 4.78 is 5.42. The Hall–Kier alpha value is -2.37. The highest BCUT2D eigenvalue weighted by Crippen LogP contribution is 2.34. The molecule has 1 N–H and O–H groups in total. The zero-order valence-electron chi connectivity index (χ0n) is 14.8. The SMILES string of the molecule is CC(C)(C)OC(=O)[C@@H](N1C(=O)c2ccc(O)cc2C1=O)C(C)(C)C. The number of amides is 2. The molecular weight excluding hydrogens is 310 g/mol. The molecule has 2 amide bonds. The van der Waals surface area contributed by atoms with Crippen molar-refractivity contribution in [1.29, 1.82) is 0 Å². The van der Waals surface area contributed by atoms with E-state index in [1.54, 1.807) is 41.5 Å². The first-order valence-electron chi connectivity index (χ1n) is 7.77. The number of nitrogens with zero attached hydrogens (tertiary/aromatic N) is 1. The predicted molar refractivity (Wildman–Crippen MR) is 87.7 cm³/mol. The Morgan fingerprint density at radius 3 is 2.08 bits per heavy atom. The Morgan fingerprint density at radius 1 is 1.04 bits per heavy atom. The van der Waals surface area contributed by atoms with Crippen LogP contribution in [0.1, 0.15) is 62.3 Å². The van der Waals surface area contributed by atoms with Gasteiger partial charge in [-0.2, -0.15) is 0 Å². The van der Waals surface area contributed by atoms with Gasteiger partial charge in [0.05, 0.1) is 11.1 Å². The van der Waals surface area contributed by atoms with Gasteiger partial charge in [0, 0.05) is 0 Å². The lowest BCUT2D eigenvalue weighted by Crippen LogP contribution is -2.53. The molecular formula is C18H23NO5. The number of carbonyl (C=O) groups excluding carboxylic acids is 3. The van der Waals surface area contributed by atoms with E-state index in [0.717, 1.165) is 4.90 Å². The van der Waals surface area contributed by atoms with E-state index in [2.05, 4.69) is 0 Å². The summed E-state index contributed by atoms with van der Waals surface area (Å²) in [5.74, 6) is -1.90. The molecule has 2 rings (SSSR count). The van der Waals surface area contributed by atoms with Crippen LogP contribution in [0.5, 0.6) is 5.75 Å². The molecule has 1 heterocycles. The molecule has 6 nitrogen and oxygen atoms in total. The Balaban J connectivity index is 2.48. The van der Waals surface area contributed by atoms with Crippen LogP contribution >= 0.6 is 0 Å². The van der Waals surface area contributed by atoms with Gasteiger partial charge < -0.3 is 9.84 Å². The van der Waals surface area contributed by atoms with Crippen molar-refractivity contribution in [2.75, 3.05) is 0 Å². The summed E-state index contributed by atoms with van der Waals surface area (Å²) in [6, 6.07) is 2.91. The fraction of sp³-hybridized carbons (Fsp3) is 0.500. The molecule has 1 aliphatic heterocycles. The molecule has 0 bridgehead atoms. The number of phenolic OH excluding ortho intramolecular Hbond substituents is 1. The van der Waals surface area contributed by atoms with Crippen LogP contribution in [0.25, 0.3) is 0 Å². The highest BCUT2D eigenvalue weighted by atomic mass is 16.6. The molecule has 0 aliphatic carbocycles. The van der Waals surface area contributed by atoms with Crippen molar-refractivity contribution in [3.8, 4) is 5.75 Å². The van der Waals surface area contributed by atoms with Crippen molar-refractivity contribution in [2.24, 2.45) is 5.41 Å². The smallest absolute Gasteiger partial charge is 0.330 e. The summed E-state index contributed by atoms with van der Waals surface area (Å²) in [6.07, 6.45) is 0. The van der Waals surface area contributed by atoms with Gasteiger partial charge in [0.15, 0.2) is 0 Å². The maximum Gasteiger partial charge on any atom is 0.330 e. The van der Waals surface area contributed by atoms with Crippen LogP contribution in [0.3, 0.4) is 0 Å². The van der Waals surface area contributed by atoms with Gasteiger partial charge in [-0.05, 0) is 44.4 Å². The van der Waals surface area contributed by atoms with Gasteiger partial charge in [0.25, 0.3) is 11.8 Å². The van der Waals surface area contributed by atoms with Crippen LogP contribution in [-0.4, -0.2) is 39.4 Å². The zero-order valence-corrected chi connectivity index (χ0v) is 14.8. The number of phenols is 1. The Bertz CT molecular complexity index is 709. The molecule has 0 saturated heterocycles. The minimum atomic E-state index is -1.06. The van der Waals surface area contributed by atoms with E-state index in [0.29, 0.717) is 0 Å². The highest BCUT2D eigenvalue weighted by Gasteiger charge is 2.49. The van der Waals surface area contributed by atoms with Gasteiger partial charge in [-0.1, -0.05) is 20.8 Å². The van der Waals surface area contributed by atoms with Gasteiger partial charge in [-0.25, -0.2) is 4.79 Å². The van der Waals surface area contributed by atoms with Gasteiger partial charge in [-0.15, -0.1) is 0 Å². The molecule has 1 aromatic carbocycles. The van der Waals surface area contributed by atoms with Crippen molar-refractivity contribution in [3.05, 3.63) is 29.3 Å². The summed E-state index contributed by atoms with van der Waals surface area (Å²) in [4.78, 5) is 39.0. The second-order valence-corrected chi connectivity index (χ2v) is 8.01. The van der Waals surface area contributed by atoms with Crippen molar-refractivity contribution in [3.63, 3.8) is 0 Å². The number of rotatable bonds is 2. The van der Waals surface area contributed by atoms with Crippen molar-refractivity contribution < 1.29 is 24.2 Å². The van der Waals surface area contributed by atoms with Crippen LogP contribution < -0.4 is 0 Å². The number of ether oxygens (including phenoxy) is 1. The van der Waals surface area contributed by atoms with Gasteiger partial charge in [0.1, 0.15) is 17.4 Å². The third kappa shape index (κ3) is 3.27. The normalized spacial score (nSPS) is 16.2. The Labute approximate surface area is 141 Å². The average molecular weight is 333 g/mol. The first-order valence-corrected chi connectivity index (χ1v) is 7.77. The van der Waals surface area contributed by atoms with Crippen molar-refractivity contribution >= 4 is 17.8 Å². The maximum absolute atomic E-state index is 12.7. The minimum Gasteiger partial charge on any atom is -0.508 e. The van der Waals surface area contributed by atoms with E-state index >= 15 is 0 Å². The molecule has 1 aliphatic rings. The van der Waals surface area contributed by atoms with Crippen LogP contribution in [0.2, 0.25) is 0 Å². The number of hydrogen-bond acceptors (Lipinski definition) is 5. The van der Waals surface area contributed by atoms with Gasteiger partial charge in [-0.3, -0.25) is 14.5 Å². The summed E-state index contributed by atoms with van der Waals surface area (Å²) in [7, 11) is 0. The maximum atomic E-state index is 12.7. The molecule has 0 saturated carbocycles. The monoisotopic (exact) mass is 333 g/mol. The van der Waals surface area contributed by atoms with Gasteiger partial charge in [0.2, 0.25) is 0 Å². The van der Waals surface area contributed by atoms with E-state index in [-0.39, 0.29) is 16.9 Å². The molecule has 130 valence electrons. The van der Waals surface area contributed by atoms with Crippen LogP contribution in [0.15, 0.2) is 18.2 Å². The van der Waals surface area contributed by atoms with E-state index in [1.807, 2.05) is 0 Å². The second kappa shape index (κ2) is 5.61. The number of fused-ring (bicyclic) bond motifs is 1. The molecule has 0 radical (unpaired) electrons. The molecule has 0 aromatic heterocycles. The van der Waals surface area contributed by atoms with E-state index < -0.39 is 34.8 Å².